The first-order chi connectivity index (χ1) is 14.3. The van der Waals surface area contributed by atoms with Gasteiger partial charge in [0.2, 0.25) is 5.78 Å². The van der Waals surface area contributed by atoms with Gasteiger partial charge in [-0.2, -0.15) is 0 Å². The van der Waals surface area contributed by atoms with Gasteiger partial charge in [0.1, 0.15) is 0 Å². The van der Waals surface area contributed by atoms with Crippen LogP contribution in [0.4, 0.5) is 0 Å². The summed E-state index contributed by atoms with van der Waals surface area (Å²) in [6, 6.07) is 14.9. The Hall–Kier alpha value is -2.39. The average Bonchev–Trinajstić information content (AvgIpc) is 2.75. The van der Waals surface area contributed by atoms with Gasteiger partial charge in [-0.15, -0.1) is 0 Å². The number of benzene rings is 2. The third-order valence-corrected chi connectivity index (χ3v) is 6.03. The molecule has 0 aromatic heterocycles. The summed E-state index contributed by atoms with van der Waals surface area (Å²) < 4.78 is 5.95. The van der Waals surface area contributed by atoms with E-state index in [0.717, 1.165) is 24.8 Å². The third kappa shape index (κ3) is 5.20. The van der Waals surface area contributed by atoms with Crippen LogP contribution in [0.25, 0.3) is 6.08 Å². The maximum Gasteiger partial charge on any atom is 0.334 e. The quantitative estimate of drug-likeness (QED) is 0.285. The van der Waals surface area contributed by atoms with Crippen molar-refractivity contribution >= 4 is 29.4 Å². The summed E-state index contributed by atoms with van der Waals surface area (Å²) in [6.45, 7) is 5.96. The summed E-state index contributed by atoms with van der Waals surface area (Å²) in [5.74, 6) is -0.138. The predicted molar refractivity (Wildman–Crippen MR) is 122 cm³/mol. The lowest BCUT2D eigenvalue weighted by Crippen LogP contribution is -2.45. The zero-order chi connectivity index (χ0) is 21.7. The van der Waals surface area contributed by atoms with Crippen LogP contribution in [0.3, 0.4) is 0 Å². The van der Waals surface area contributed by atoms with Gasteiger partial charge < -0.3 is 4.74 Å². The Labute approximate surface area is 184 Å². The molecule has 2 aromatic rings. The molecule has 158 valence electrons. The van der Waals surface area contributed by atoms with Crippen molar-refractivity contribution in [1.29, 1.82) is 0 Å². The van der Waals surface area contributed by atoms with Gasteiger partial charge in [-0.1, -0.05) is 68.3 Å². The van der Waals surface area contributed by atoms with Gasteiger partial charge in [-0.25, -0.2) is 4.79 Å². The van der Waals surface area contributed by atoms with Gasteiger partial charge in [0.25, 0.3) is 0 Å². The van der Waals surface area contributed by atoms with E-state index >= 15 is 0 Å². The number of rotatable bonds is 6. The first kappa shape index (κ1) is 22.3. The number of carbonyl (C=O) groups excluding carboxylic acids is 2. The molecule has 4 heteroatoms. The largest absolute Gasteiger partial charge is 0.447 e. The molecule has 0 heterocycles. The van der Waals surface area contributed by atoms with Gasteiger partial charge in [0.15, 0.2) is 5.60 Å². The number of Topliss-reactive ketones (excluding diaryl/α,β-unsaturated/α-hetero) is 1. The molecule has 1 aliphatic rings. The Kier molecular flexibility index (Phi) is 7.14. The second kappa shape index (κ2) is 9.61. The van der Waals surface area contributed by atoms with Crippen LogP contribution in [0, 0.1) is 0 Å². The Morgan fingerprint density at radius 1 is 0.967 bits per heavy atom. The summed E-state index contributed by atoms with van der Waals surface area (Å²) in [7, 11) is 0. The summed E-state index contributed by atoms with van der Waals surface area (Å²) in [4.78, 5) is 26.3. The fourth-order valence-corrected chi connectivity index (χ4v) is 4.03. The van der Waals surface area contributed by atoms with Crippen molar-refractivity contribution in [3.63, 3.8) is 0 Å². The SMILES string of the molecule is CC(=Cc1ccc(Cl)cc1)C(=O)OC1(C(=O)c2ccc(C(C)C)cc2)CCCCC1. The van der Waals surface area contributed by atoms with Crippen LogP contribution in [0.2, 0.25) is 5.02 Å². The number of esters is 1. The van der Waals surface area contributed by atoms with Gasteiger partial charge in [-0.3, -0.25) is 4.79 Å². The van der Waals surface area contributed by atoms with Crippen LogP contribution < -0.4 is 0 Å². The van der Waals surface area contributed by atoms with Crippen molar-refractivity contribution in [2.24, 2.45) is 0 Å². The van der Waals surface area contributed by atoms with Crippen LogP contribution in [-0.2, 0) is 9.53 Å². The topological polar surface area (TPSA) is 43.4 Å². The first-order valence-corrected chi connectivity index (χ1v) is 11.0. The fourth-order valence-electron chi connectivity index (χ4n) is 3.91. The summed E-state index contributed by atoms with van der Waals surface area (Å²) in [5, 5.41) is 0.641. The molecule has 3 nitrogen and oxygen atoms in total. The lowest BCUT2D eigenvalue weighted by Gasteiger charge is -2.35. The molecule has 30 heavy (non-hydrogen) atoms. The second-order valence-corrected chi connectivity index (χ2v) is 8.87. The minimum absolute atomic E-state index is 0.0925. The van der Waals surface area contributed by atoms with Gasteiger partial charge >= 0.3 is 5.97 Å². The van der Waals surface area contributed by atoms with Gasteiger partial charge in [-0.05, 0) is 67.9 Å². The number of carbonyl (C=O) groups is 2. The highest BCUT2D eigenvalue weighted by Gasteiger charge is 2.43. The highest BCUT2D eigenvalue weighted by Crippen LogP contribution is 2.36. The smallest absolute Gasteiger partial charge is 0.334 e. The second-order valence-electron chi connectivity index (χ2n) is 8.43. The minimum atomic E-state index is -1.08. The van der Waals surface area contributed by atoms with E-state index in [1.165, 1.54) is 5.56 Å². The van der Waals surface area contributed by atoms with Crippen molar-refractivity contribution < 1.29 is 14.3 Å². The monoisotopic (exact) mass is 424 g/mol. The lowest BCUT2D eigenvalue weighted by atomic mass is 9.79. The van der Waals surface area contributed by atoms with E-state index in [9.17, 15) is 9.59 Å². The van der Waals surface area contributed by atoms with E-state index < -0.39 is 11.6 Å². The normalized spacial score (nSPS) is 16.4. The zero-order valence-electron chi connectivity index (χ0n) is 17.9. The van der Waals surface area contributed by atoms with E-state index in [4.69, 9.17) is 16.3 Å². The highest BCUT2D eigenvalue weighted by molar-refractivity contribution is 6.30. The molecule has 1 fully saturated rings. The fraction of sp³-hybridized carbons (Fsp3) is 0.385. The average molecular weight is 425 g/mol. The highest BCUT2D eigenvalue weighted by atomic mass is 35.5. The number of hydrogen-bond donors (Lipinski definition) is 0. The molecule has 1 aliphatic carbocycles. The molecule has 0 unspecified atom stereocenters. The van der Waals surface area contributed by atoms with Crippen LogP contribution >= 0.6 is 11.6 Å². The maximum absolute atomic E-state index is 13.4. The molecule has 0 aliphatic heterocycles. The molecular weight excluding hydrogens is 396 g/mol. The molecule has 0 bridgehead atoms. The number of hydrogen-bond acceptors (Lipinski definition) is 3. The zero-order valence-corrected chi connectivity index (χ0v) is 18.7. The van der Waals surface area contributed by atoms with Gasteiger partial charge in [0, 0.05) is 16.2 Å². The Bertz CT molecular complexity index is 918. The molecular formula is C26H29ClO3. The van der Waals surface area contributed by atoms with E-state index in [1.54, 1.807) is 25.1 Å². The van der Waals surface area contributed by atoms with E-state index in [-0.39, 0.29) is 5.78 Å². The Balaban J connectivity index is 1.83. The molecule has 0 radical (unpaired) electrons. The van der Waals surface area contributed by atoms with Crippen molar-refractivity contribution in [2.75, 3.05) is 0 Å². The number of ketones is 1. The van der Waals surface area contributed by atoms with Crippen molar-refractivity contribution in [1.82, 2.24) is 0 Å². The number of halogens is 1. The van der Waals surface area contributed by atoms with E-state index in [0.29, 0.717) is 34.9 Å². The first-order valence-electron chi connectivity index (χ1n) is 10.6. The Morgan fingerprint density at radius 3 is 2.13 bits per heavy atom. The van der Waals surface area contributed by atoms with Crippen LogP contribution in [-0.4, -0.2) is 17.4 Å². The van der Waals surface area contributed by atoms with Gasteiger partial charge in [0.05, 0.1) is 0 Å². The number of ether oxygens (including phenoxy) is 1. The third-order valence-electron chi connectivity index (χ3n) is 5.78. The molecule has 0 spiro atoms. The summed E-state index contributed by atoms with van der Waals surface area (Å²) in [6.07, 6.45) is 5.71. The molecule has 0 atom stereocenters. The standard InChI is InChI=1S/C26H29ClO3/c1-18(2)21-9-11-22(12-10-21)24(28)26(15-5-4-6-16-26)30-25(29)19(3)17-20-7-13-23(27)14-8-20/h7-14,17-18H,4-6,15-16H2,1-3H3. The van der Waals surface area contributed by atoms with Crippen LogP contribution in [0.15, 0.2) is 54.1 Å². The van der Waals surface area contributed by atoms with Crippen molar-refractivity contribution in [2.45, 2.75) is 64.4 Å². The lowest BCUT2D eigenvalue weighted by molar-refractivity contribution is -0.152. The van der Waals surface area contributed by atoms with Crippen LogP contribution in [0.1, 0.15) is 80.3 Å². The molecule has 3 rings (SSSR count). The molecule has 0 N–H and O–H groups in total. The van der Waals surface area contributed by atoms with E-state index in [2.05, 4.69) is 13.8 Å². The van der Waals surface area contributed by atoms with Crippen molar-refractivity contribution in [3.8, 4) is 0 Å². The summed E-state index contributed by atoms with van der Waals surface area (Å²) in [5.41, 5.74) is 2.04. The molecule has 1 saturated carbocycles. The van der Waals surface area contributed by atoms with Crippen molar-refractivity contribution in [3.05, 3.63) is 75.8 Å². The maximum atomic E-state index is 13.4. The Morgan fingerprint density at radius 2 is 1.57 bits per heavy atom. The minimum Gasteiger partial charge on any atom is -0.447 e. The van der Waals surface area contributed by atoms with Crippen LogP contribution in [0.5, 0.6) is 0 Å². The van der Waals surface area contributed by atoms with E-state index in [1.807, 2.05) is 36.4 Å². The molecule has 0 saturated heterocycles. The summed E-state index contributed by atoms with van der Waals surface area (Å²) >= 11 is 5.93. The molecule has 2 aromatic carbocycles. The predicted octanol–water partition coefficient (Wildman–Crippen LogP) is 7.00. The molecule has 0 amide bonds.